The first kappa shape index (κ1) is 16.8. The highest BCUT2D eigenvalue weighted by atomic mass is 16.5. The van der Waals surface area contributed by atoms with Gasteiger partial charge in [-0.3, -0.25) is 0 Å². The van der Waals surface area contributed by atoms with Crippen LogP contribution in [0.3, 0.4) is 0 Å². The molecule has 4 heteroatoms. The molecule has 0 aliphatic carbocycles. The predicted molar refractivity (Wildman–Crippen MR) is 86.3 cm³/mol. The van der Waals surface area contributed by atoms with Gasteiger partial charge in [-0.1, -0.05) is 19.1 Å². The smallest absolute Gasteiger partial charge is 0.142 e. The second kappa shape index (κ2) is 9.61. The lowest BCUT2D eigenvalue weighted by molar-refractivity contribution is 0.216. The van der Waals surface area contributed by atoms with Crippen molar-refractivity contribution in [2.24, 2.45) is 0 Å². The summed E-state index contributed by atoms with van der Waals surface area (Å²) in [4.78, 5) is 4.72. The number of para-hydroxylation sites is 2. The van der Waals surface area contributed by atoms with Crippen LogP contribution in [0, 0.1) is 0 Å². The summed E-state index contributed by atoms with van der Waals surface area (Å²) in [6.45, 7) is 7.40. The van der Waals surface area contributed by atoms with Crippen molar-refractivity contribution in [3.63, 3.8) is 0 Å². The van der Waals surface area contributed by atoms with Gasteiger partial charge in [0.1, 0.15) is 5.75 Å². The number of nitrogens with two attached hydrogens (primary N) is 1. The topological polar surface area (TPSA) is 41.7 Å². The molecule has 1 aromatic rings. The van der Waals surface area contributed by atoms with E-state index in [-0.39, 0.29) is 0 Å². The minimum atomic E-state index is 0.713. The van der Waals surface area contributed by atoms with Crippen molar-refractivity contribution in [3.8, 4) is 5.75 Å². The molecule has 0 fully saturated rings. The number of rotatable bonds is 10. The third-order valence-corrected chi connectivity index (χ3v) is 3.20. The largest absolute Gasteiger partial charge is 0.491 e. The van der Waals surface area contributed by atoms with Crippen molar-refractivity contribution in [1.82, 2.24) is 9.80 Å². The van der Waals surface area contributed by atoms with Crippen LogP contribution in [0.25, 0.3) is 0 Å². The summed E-state index contributed by atoms with van der Waals surface area (Å²) in [6, 6.07) is 7.67. The van der Waals surface area contributed by atoms with Gasteiger partial charge in [0, 0.05) is 19.6 Å². The lowest BCUT2D eigenvalue weighted by Crippen LogP contribution is -2.33. The quantitative estimate of drug-likeness (QED) is 0.527. The number of benzene rings is 1. The zero-order valence-corrected chi connectivity index (χ0v) is 13.1. The Balaban J connectivity index is 2.24. The third-order valence-electron chi connectivity index (χ3n) is 3.20. The minimum absolute atomic E-state index is 0.713. The van der Waals surface area contributed by atoms with Crippen LogP contribution in [-0.4, -0.2) is 56.7 Å². The first-order valence-corrected chi connectivity index (χ1v) is 7.48. The fourth-order valence-electron chi connectivity index (χ4n) is 2.08. The van der Waals surface area contributed by atoms with E-state index in [1.165, 1.54) is 6.42 Å². The Morgan fingerprint density at radius 2 is 1.80 bits per heavy atom. The minimum Gasteiger partial charge on any atom is -0.491 e. The number of nitrogen functional groups attached to an aromatic ring is 1. The molecule has 0 spiro atoms. The molecule has 0 amide bonds. The average Bonchev–Trinajstić information content (AvgIpc) is 2.42. The molecular weight excluding hydrogens is 250 g/mol. The summed E-state index contributed by atoms with van der Waals surface area (Å²) in [5.41, 5.74) is 6.56. The molecule has 1 rings (SSSR count). The third kappa shape index (κ3) is 6.78. The van der Waals surface area contributed by atoms with Gasteiger partial charge in [-0.25, -0.2) is 0 Å². The van der Waals surface area contributed by atoms with Gasteiger partial charge in [0.25, 0.3) is 0 Å². The highest BCUT2D eigenvalue weighted by Gasteiger charge is 2.05. The van der Waals surface area contributed by atoms with Crippen LogP contribution in [0.1, 0.15) is 19.8 Å². The molecule has 0 radical (unpaired) electrons. The van der Waals surface area contributed by atoms with E-state index in [0.29, 0.717) is 5.69 Å². The molecule has 114 valence electrons. The van der Waals surface area contributed by atoms with Crippen LogP contribution >= 0.6 is 0 Å². The summed E-state index contributed by atoms with van der Waals surface area (Å²) in [5, 5.41) is 0. The maximum absolute atomic E-state index is 5.85. The second-order valence-electron chi connectivity index (χ2n) is 5.38. The molecule has 0 aliphatic heterocycles. The number of anilines is 1. The van der Waals surface area contributed by atoms with Crippen molar-refractivity contribution < 1.29 is 4.74 Å². The number of nitrogens with zero attached hydrogens (tertiary/aromatic N) is 2. The monoisotopic (exact) mass is 279 g/mol. The summed E-state index contributed by atoms with van der Waals surface area (Å²) >= 11 is 0. The fraction of sp³-hybridized carbons (Fsp3) is 0.625. The zero-order valence-electron chi connectivity index (χ0n) is 13.1. The molecule has 0 aromatic heterocycles. The molecule has 0 heterocycles. The van der Waals surface area contributed by atoms with Crippen molar-refractivity contribution in [2.45, 2.75) is 19.8 Å². The van der Waals surface area contributed by atoms with Crippen LogP contribution in [0.5, 0.6) is 5.75 Å². The van der Waals surface area contributed by atoms with Crippen LogP contribution < -0.4 is 10.5 Å². The van der Waals surface area contributed by atoms with Crippen LogP contribution in [-0.2, 0) is 0 Å². The van der Waals surface area contributed by atoms with Crippen molar-refractivity contribution in [1.29, 1.82) is 0 Å². The van der Waals surface area contributed by atoms with E-state index in [0.717, 1.165) is 45.0 Å². The summed E-state index contributed by atoms with van der Waals surface area (Å²) in [5.74, 6) is 0.794. The number of likely N-dealkylation sites (N-methyl/N-ethyl adjacent to an activating group) is 1. The normalized spacial score (nSPS) is 11.2. The molecule has 0 unspecified atom stereocenters. The summed E-state index contributed by atoms with van der Waals surface area (Å²) in [6.07, 6.45) is 2.22. The number of ether oxygens (including phenoxy) is 1. The Labute approximate surface area is 123 Å². The molecule has 0 atom stereocenters. The van der Waals surface area contributed by atoms with Gasteiger partial charge >= 0.3 is 0 Å². The molecule has 0 saturated carbocycles. The Bertz CT molecular complexity index is 368. The van der Waals surface area contributed by atoms with Gasteiger partial charge in [-0.2, -0.15) is 0 Å². The molecule has 1 aromatic carbocycles. The standard InChI is InChI=1S/C16H29N3O/c1-4-10-19(13-12-18(2)3)11-7-14-20-16-9-6-5-8-15(16)17/h5-6,8-9H,4,7,10-14,17H2,1-3H3. The van der Waals surface area contributed by atoms with E-state index in [1.54, 1.807) is 0 Å². The van der Waals surface area contributed by atoms with Gasteiger partial charge in [-0.15, -0.1) is 0 Å². The lowest BCUT2D eigenvalue weighted by atomic mass is 10.3. The lowest BCUT2D eigenvalue weighted by Gasteiger charge is -2.23. The van der Waals surface area contributed by atoms with Crippen molar-refractivity contribution in [2.75, 3.05) is 52.6 Å². The average molecular weight is 279 g/mol. The van der Waals surface area contributed by atoms with E-state index < -0.39 is 0 Å². The second-order valence-corrected chi connectivity index (χ2v) is 5.38. The maximum atomic E-state index is 5.85. The Kier molecular flexibility index (Phi) is 8.07. The van der Waals surface area contributed by atoms with Crippen LogP contribution in [0.2, 0.25) is 0 Å². The predicted octanol–water partition coefficient (Wildman–Crippen LogP) is 2.31. The van der Waals surface area contributed by atoms with E-state index in [2.05, 4.69) is 30.8 Å². The highest BCUT2D eigenvalue weighted by molar-refractivity contribution is 5.51. The zero-order chi connectivity index (χ0) is 14.8. The van der Waals surface area contributed by atoms with E-state index >= 15 is 0 Å². The Hall–Kier alpha value is -1.26. The molecule has 20 heavy (non-hydrogen) atoms. The SMILES string of the molecule is CCCN(CCCOc1ccccc1N)CCN(C)C. The molecule has 0 saturated heterocycles. The Morgan fingerprint density at radius 3 is 2.45 bits per heavy atom. The fourth-order valence-corrected chi connectivity index (χ4v) is 2.08. The first-order valence-electron chi connectivity index (χ1n) is 7.48. The highest BCUT2D eigenvalue weighted by Crippen LogP contribution is 2.19. The molecule has 0 bridgehead atoms. The Morgan fingerprint density at radius 1 is 1.05 bits per heavy atom. The summed E-state index contributed by atoms with van der Waals surface area (Å²) in [7, 11) is 4.23. The van der Waals surface area contributed by atoms with Crippen LogP contribution in [0.4, 0.5) is 5.69 Å². The number of hydrogen-bond donors (Lipinski definition) is 1. The van der Waals surface area contributed by atoms with Crippen molar-refractivity contribution in [3.05, 3.63) is 24.3 Å². The van der Waals surface area contributed by atoms with Gasteiger partial charge in [0.05, 0.1) is 12.3 Å². The van der Waals surface area contributed by atoms with E-state index in [4.69, 9.17) is 10.5 Å². The van der Waals surface area contributed by atoms with E-state index in [9.17, 15) is 0 Å². The summed E-state index contributed by atoms with van der Waals surface area (Å²) < 4.78 is 5.73. The molecule has 2 N–H and O–H groups in total. The molecular formula is C16H29N3O. The maximum Gasteiger partial charge on any atom is 0.142 e. The van der Waals surface area contributed by atoms with Crippen molar-refractivity contribution >= 4 is 5.69 Å². The van der Waals surface area contributed by atoms with Gasteiger partial charge in [0.2, 0.25) is 0 Å². The van der Waals surface area contributed by atoms with E-state index in [1.807, 2.05) is 24.3 Å². The van der Waals surface area contributed by atoms with Gasteiger partial charge in [-0.05, 0) is 45.6 Å². The number of hydrogen-bond acceptors (Lipinski definition) is 4. The van der Waals surface area contributed by atoms with Gasteiger partial charge in [0.15, 0.2) is 0 Å². The molecule has 0 aliphatic rings. The molecule has 4 nitrogen and oxygen atoms in total. The first-order chi connectivity index (χ1) is 9.63. The van der Waals surface area contributed by atoms with Crippen LogP contribution in [0.15, 0.2) is 24.3 Å². The van der Waals surface area contributed by atoms with Gasteiger partial charge < -0.3 is 20.3 Å².